The van der Waals surface area contributed by atoms with Gasteiger partial charge in [0.2, 0.25) is 5.91 Å². The minimum Gasteiger partial charge on any atom is -0.442 e. The molecule has 29 heavy (non-hydrogen) atoms. The molecule has 2 saturated heterocycles. The zero-order chi connectivity index (χ0) is 20.5. The molecule has 0 bridgehead atoms. The van der Waals surface area contributed by atoms with E-state index in [1.165, 1.54) is 33.3 Å². The maximum absolute atomic E-state index is 14.6. The number of halogens is 2. The van der Waals surface area contributed by atoms with Crippen molar-refractivity contribution < 1.29 is 23.5 Å². The summed E-state index contributed by atoms with van der Waals surface area (Å²) in [6, 6.07) is 7.81. The number of anilines is 2. The molecule has 2 fully saturated rings. The predicted octanol–water partition coefficient (Wildman–Crippen LogP) is 3.53. The molecule has 1 atom stereocenters. The molecule has 3 amide bonds. The Balaban J connectivity index is 1.39. The van der Waals surface area contributed by atoms with Gasteiger partial charge in [-0.3, -0.25) is 14.5 Å². The molecule has 2 aromatic rings. The molecule has 0 unspecified atom stereocenters. The van der Waals surface area contributed by atoms with Gasteiger partial charge < -0.3 is 15.0 Å². The van der Waals surface area contributed by atoms with E-state index in [1.54, 1.807) is 18.2 Å². The van der Waals surface area contributed by atoms with Crippen molar-refractivity contribution in [2.75, 3.05) is 29.4 Å². The van der Waals surface area contributed by atoms with E-state index in [9.17, 15) is 18.8 Å². The molecular weight excluding hydrogens is 465 g/mol. The van der Waals surface area contributed by atoms with Crippen LogP contribution in [0.4, 0.5) is 20.6 Å². The summed E-state index contributed by atoms with van der Waals surface area (Å²) in [6.45, 7) is 0.831. The summed E-state index contributed by atoms with van der Waals surface area (Å²) in [7, 11) is 0. The van der Waals surface area contributed by atoms with Crippen molar-refractivity contribution in [1.82, 2.24) is 5.32 Å². The summed E-state index contributed by atoms with van der Waals surface area (Å²) in [5.41, 5.74) is 0.564. The van der Waals surface area contributed by atoms with Crippen LogP contribution in [0.5, 0.6) is 0 Å². The number of amides is 3. The van der Waals surface area contributed by atoms with Crippen LogP contribution < -0.4 is 15.1 Å². The Bertz CT molecular complexity index is 982. The minimum atomic E-state index is -0.604. The third-order valence-corrected chi connectivity index (χ3v) is 6.39. The van der Waals surface area contributed by atoms with Crippen molar-refractivity contribution in [3.05, 3.63) is 44.8 Å². The summed E-state index contributed by atoms with van der Waals surface area (Å²) >= 11 is 4.61. The van der Waals surface area contributed by atoms with Gasteiger partial charge in [0, 0.05) is 13.0 Å². The average molecular weight is 482 g/mol. The van der Waals surface area contributed by atoms with Crippen LogP contribution >= 0.6 is 27.3 Å². The highest BCUT2D eigenvalue weighted by Gasteiger charge is 2.33. The topological polar surface area (TPSA) is 79.0 Å². The lowest BCUT2D eigenvalue weighted by atomic mass is 10.2. The fourth-order valence-electron chi connectivity index (χ4n) is 3.35. The number of carbonyl (C=O) groups excluding carboxylic acids is 3. The first-order chi connectivity index (χ1) is 13.9. The Hall–Kier alpha value is -2.46. The zero-order valence-corrected chi connectivity index (χ0v) is 17.6. The zero-order valence-electron chi connectivity index (χ0n) is 15.2. The number of cyclic esters (lactones) is 1. The Kier molecular flexibility index (Phi) is 5.55. The number of nitrogens with zero attached hydrogens (tertiary/aromatic N) is 2. The van der Waals surface area contributed by atoms with E-state index in [-0.39, 0.29) is 30.6 Å². The highest BCUT2D eigenvalue weighted by molar-refractivity contribution is 9.11. The number of hydrogen-bond donors (Lipinski definition) is 1. The van der Waals surface area contributed by atoms with E-state index in [1.807, 2.05) is 0 Å². The molecule has 2 aliphatic heterocycles. The lowest BCUT2D eigenvalue weighted by Gasteiger charge is -2.19. The number of rotatable bonds is 5. The van der Waals surface area contributed by atoms with Gasteiger partial charge in [-0.15, -0.1) is 11.3 Å². The maximum atomic E-state index is 14.6. The molecule has 152 valence electrons. The molecule has 1 aromatic carbocycles. The van der Waals surface area contributed by atoms with Crippen LogP contribution in [-0.2, 0) is 9.53 Å². The molecule has 4 rings (SSSR count). The van der Waals surface area contributed by atoms with E-state index >= 15 is 0 Å². The normalized spacial score (nSPS) is 19.0. The number of benzene rings is 1. The van der Waals surface area contributed by atoms with Gasteiger partial charge in [-0.2, -0.15) is 0 Å². The van der Waals surface area contributed by atoms with Crippen LogP contribution in [0, 0.1) is 5.82 Å². The highest BCUT2D eigenvalue weighted by atomic mass is 79.9. The fourth-order valence-corrected chi connectivity index (χ4v) is 4.66. The third kappa shape index (κ3) is 4.13. The first-order valence-electron chi connectivity index (χ1n) is 9.04. The third-order valence-electron chi connectivity index (χ3n) is 4.77. The standard InChI is InChI=1S/C19H17BrFN3O4S/c20-16-6-5-15(29-16)18(26)22-9-12-10-24(19(27)28-12)11-3-4-14(13(21)8-11)23-7-1-2-17(23)25/h3-6,8,12H,1-2,7,9-10H2,(H,22,26)/t12-/m0/s1. The highest BCUT2D eigenvalue weighted by Crippen LogP contribution is 2.30. The average Bonchev–Trinajstić information content (AvgIpc) is 3.40. The molecule has 3 heterocycles. The molecule has 1 N–H and O–H groups in total. The van der Waals surface area contributed by atoms with Crippen molar-refractivity contribution in [3.8, 4) is 0 Å². The Labute approximate surface area is 178 Å². The predicted molar refractivity (Wildman–Crippen MR) is 110 cm³/mol. The van der Waals surface area contributed by atoms with Crippen LogP contribution in [0.25, 0.3) is 0 Å². The number of thiophene rings is 1. The van der Waals surface area contributed by atoms with Crippen molar-refractivity contribution >= 4 is 56.5 Å². The van der Waals surface area contributed by atoms with Crippen LogP contribution in [0.2, 0.25) is 0 Å². The number of nitrogens with one attached hydrogen (secondary N) is 1. The Morgan fingerprint density at radius 3 is 2.76 bits per heavy atom. The second-order valence-electron chi connectivity index (χ2n) is 6.71. The van der Waals surface area contributed by atoms with Crippen molar-refractivity contribution in [2.24, 2.45) is 0 Å². The second-order valence-corrected chi connectivity index (χ2v) is 9.18. The van der Waals surface area contributed by atoms with Gasteiger partial charge in [0.15, 0.2) is 0 Å². The van der Waals surface area contributed by atoms with Gasteiger partial charge in [0.1, 0.15) is 11.9 Å². The SMILES string of the molecule is O=C(NC[C@H]1CN(c2ccc(N3CCCC3=O)c(F)c2)C(=O)O1)c1ccc(Br)s1. The van der Waals surface area contributed by atoms with E-state index < -0.39 is 18.0 Å². The fraction of sp³-hybridized carbons (Fsp3) is 0.316. The van der Waals surface area contributed by atoms with Crippen molar-refractivity contribution in [3.63, 3.8) is 0 Å². The Morgan fingerprint density at radius 2 is 2.10 bits per heavy atom. The summed E-state index contributed by atoms with van der Waals surface area (Å²) in [5.74, 6) is -0.919. The van der Waals surface area contributed by atoms with Crippen LogP contribution in [-0.4, -0.2) is 43.6 Å². The number of hydrogen-bond acceptors (Lipinski definition) is 5. The summed E-state index contributed by atoms with van der Waals surface area (Å²) in [4.78, 5) is 39.4. The summed E-state index contributed by atoms with van der Waals surface area (Å²) in [6.07, 6.45) is -0.0331. The number of ether oxygens (including phenoxy) is 1. The van der Waals surface area contributed by atoms with Gasteiger partial charge in [-0.1, -0.05) is 0 Å². The molecule has 0 aliphatic carbocycles. The first kappa shape index (κ1) is 19.8. The molecule has 2 aliphatic rings. The number of carbonyl (C=O) groups is 3. The van der Waals surface area contributed by atoms with Crippen LogP contribution in [0.15, 0.2) is 34.1 Å². The molecular formula is C19H17BrFN3O4S. The van der Waals surface area contributed by atoms with E-state index in [2.05, 4.69) is 21.2 Å². The van der Waals surface area contributed by atoms with E-state index in [0.717, 1.165) is 3.79 Å². The van der Waals surface area contributed by atoms with Gasteiger partial charge in [0.25, 0.3) is 5.91 Å². The lowest BCUT2D eigenvalue weighted by Crippen LogP contribution is -2.34. The van der Waals surface area contributed by atoms with Crippen LogP contribution in [0.1, 0.15) is 22.5 Å². The largest absolute Gasteiger partial charge is 0.442 e. The summed E-state index contributed by atoms with van der Waals surface area (Å²) in [5, 5.41) is 2.74. The van der Waals surface area contributed by atoms with E-state index in [0.29, 0.717) is 30.0 Å². The van der Waals surface area contributed by atoms with Gasteiger partial charge >= 0.3 is 6.09 Å². The molecule has 1 aromatic heterocycles. The molecule has 0 saturated carbocycles. The smallest absolute Gasteiger partial charge is 0.414 e. The first-order valence-corrected chi connectivity index (χ1v) is 10.6. The summed E-state index contributed by atoms with van der Waals surface area (Å²) < 4.78 is 20.7. The molecule has 7 nitrogen and oxygen atoms in total. The molecule has 10 heteroatoms. The molecule has 0 spiro atoms. The maximum Gasteiger partial charge on any atom is 0.414 e. The lowest BCUT2D eigenvalue weighted by molar-refractivity contribution is -0.117. The van der Waals surface area contributed by atoms with E-state index in [4.69, 9.17) is 4.74 Å². The quantitative estimate of drug-likeness (QED) is 0.708. The van der Waals surface area contributed by atoms with Gasteiger partial charge in [-0.25, -0.2) is 9.18 Å². The second kappa shape index (κ2) is 8.11. The van der Waals surface area contributed by atoms with Crippen molar-refractivity contribution in [1.29, 1.82) is 0 Å². The van der Waals surface area contributed by atoms with Crippen molar-refractivity contribution in [2.45, 2.75) is 18.9 Å². The monoisotopic (exact) mass is 481 g/mol. The van der Waals surface area contributed by atoms with Crippen LogP contribution in [0.3, 0.4) is 0 Å². The van der Waals surface area contributed by atoms with Gasteiger partial charge in [-0.05, 0) is 52.7 Å². The molecule has 0 radical (unpaired) electrons. The Morgan fingerprint density at radius 1 is 1.28 bits per heavy atom. The minimum absolute atomic E-state index is 0.106. The van der Waals surface area contributed by atoms with Gasteiger partial charge in [0.05, 0.1) is 33.1 Å².